The number of sulfonamides is 2. The van der Waals surface area contributed by atoms with Gasteiger partial charge in [0.1, 0.15) is 35.1 Å². The van der Waals surface area contributed by atoms with E-state index in [1.807, 2.05) is 74.5 Å². The number of aromatic nitrogens is 2. The molecule has 36 heteroatoms. The topological polar surface area (TPSA) is 323 Å². The fourth-order valence-electron chi connectivity index (χ4n) is 18.5. The molecule has 2 aromatic carbocycles. The number of carbonyl (C=O) groups is 8. The molecule has 14 atom stereocenters. The number of allylic oxidation sites excluding steroid dienone is 4. The minimum absolute atomic E-state index is 0.0163. The summed E-state index contributed by atoms with van der Waals surface area (Å²) in [7, 11) is -8.84. The predicted octanol–water partition coefficient (Wildman–Crippen LogP) is 12.5. The van der Waals surface area contributed by atoms with Crippen LogP contribution >= 0.6 is 0 Å². The van der Waals surface area contributed by atoms with Crippen molar-refractivity contribution in [2.75, 3.05) is 88.8 Å². The number of fused-ring (bicyclic) bond motifs is 6. The molecule has 0 unspecified atom stereocenters. The Morgan fingerprint density at radius 3 is 1.20 bits per heavy atom. The number of hydrogen-bond donors (Lipinski definition) is 2. The molecular weight excluding hydrogens is 1670 g/mol. The van der Waals surface area contributed by atoms with Gasteiger partial charge in [0, 0.05) is 73.4 Å². The number of anilines is 2. The van der Waals surface area contributed by atoms with Gasteiger partial charge in [-0.25, -0.2) is 35.6 Å². The van der Waals surface area contributed by atoms with E-state index in [0.29, 0.717) is 102 Å². The standard InChI is InChI=1S/2C44H56F4N4O9S/c2*1-27-9-5-6-10-29-22-43(29,40(56)50-62(57,58)42(26-45)13-14-42)23-36(53)34-20-30(60-38-32-12-8-7-11-31(32)35(24-49-38)51-15-17-59-18-16-51)25-52(34)39(55)33(28(2)19-27)21-37(54)61-41(3,4)44(46,47)48/h2*6-8,10-12,24,27-30,33-34H,5,9,13-23,25-26H2,1-4H3,(H,50,56)/b2*10-6-/t27-,28+,29+,30+,33-,34-,43+;27-,28-,29-,30-,33+,34+,43-/m01/s1. The van der Waals surface area contributed by atoms with Gasteiger partial charge < -0.3 is 48.0 Å². The lowest BCUT2D eigenvalue weighted by Crippen LogP contribution is -2.49. The van der Waals surface area contributed by atoms with E-state index in [1.54, 1.807) is 38.4 Å². The van der Waals surface area contributed by atoms with Crippen molar-refractivity contribution in [3.05, 3.63) is 85.2 Å². The molecular formula is C88H112F8N8O18S2. The first-order valence-corrected chi connectivity index (χ1v) is 45.9. The Morgan fingerprint density at radius 1 is 0.524 bits per heavy atom. The van der Waals surface area contributed by atoms with Crippen molar-refractivity contribution in [2.24, 2.45) is 58.2 Å². The molecule has 8 fully saturated rings. The SMILES string of the molecule is C[C@@H]1CC/C=C\[C@@H]2C[C@@]2(C(=O)NS(=O)(=O)C2(CF)CC2)CC(=O)[C@@H]2C[C@@H](Oc3ncc(N4CCOCC4)c4ccccc34)CN2C(=O)[C@@H](CC(=O)OC(C)(C)C(F)(F)F)[C@H](C)C1.C[C@H]1CC/C=C\[C@@H]2C[C@@]2(C(=O)NS(=O)(=O)C2(CF)CC2)CC(=O)[C@@H]2C[C@@H](Oc3ncc(N4CCOCC4)c4ccccc34)CN2C(=O)[C@@H](CC(=O)OC(C)(C)C(F)(F)F)[C@H](C)C1. The molecule has 124 heavy (non-hydrogen) atoms. The summed E-state index contributed by atoms with van der Waals surface area (Å²) in [4.78, 5) is 130. The average molecular weight is 1790 g/mol. The van der Waals surface area contributed by atoms with Crippen LogP contribution in [-0.4, -0.2) is 220 Å². The van der Waals surface area contributed by atoms with Crippen LogP contribution in [0, 0.1) is 58.2 Å². The van der Waals surface area contributed by atoms with Crippen molar-refractivity contribution in [1.29, 1.82) is 0 Å². The number of benzene rings is 2. The maximum Gasteiger partial charge on any atom is 0.427 e. The largest absolute Gasteiger partial charge is 0.472 e. The fraction of sp³-hybridized carbons (Fsp3) is 0.659. The van der Waals surface area contributed by atoms with E-state index in [4.69, 9.17) is 28.4 Å². The van der Waals surface area contributed by atoms with Crippen LogP contribution in [-0.2, 0) is 77.4 Å². The zero-order valence-corrected chi connectivity index (χ0v) is 72.7. The second kappa shape index (κ2) is 36.2. The van der Waals surface area contributed by atoms with Crippen molar-refractivity contribution in [1.82, 2.24) is 29.2 Å². The van der Waals surface area contributed by atoms with E-state index in [-0.39, 0.29) is 88.1 Å². The lowest BCUT2D eigenvalue weighted by atomic mass is 9.82. The van der Waals surface area contributed by atoms with E-state index >= 15 is 0 Å². The maximum absolute atomic E-state index is 14.9. The summed E-state index contributed by atoms with van der Waals surface area (Å²) < 4.78 is 199. The van der Waals surface area contributed by atoms with Crippen molar-refractivity contribution in [2.45, 2.75) is 228 Å². The van der Waals surface area contributed by atoms with E-state index in [9.17, 15) is 90.3 Å². The summed E-state index contributed by atoms with van der Waals surface area (Å²) in [6, 6.07) is 12.6. The number of amides is 4. The van der Waals surface area contributed by atoms with E-state index < -0.39 is 210 Å². The number of nitrogens with zero attached hydrogens (tertiary/aromatic N) is 6. The molecule has 26 nitrogen and oxygen atoms in total. The molecule has 0 bridgehead atoms. The van der Waals surface area contributed by atoms with Crippen molar-refractivity contribution in [3.63, 3.8) is 0 Å². The van der Waals surface area contributed by atoms with Gasteiger partial charge in [-0.3, -0.25) is 47.8 Å². The summed E-state index contributed by atoms with van der Waals surface area (Å²) in [5.41, 5.74) is -6.91. The average Bonchev–Trinajstić information content (AvgIpc) is 1.56. The van der Waals surface area contributed by atoms with Crippen molar-refractivity contribution in [3.8, 4) is 11.8 Å². The molecule has 4 saturated heterocycles. The Morgan fingerprint density at radius 2 is 0.871 bits per heavy atom. The van der Waals surface area contributed by atoms with Gasteiger partial charge in [-0.2, -0.15) is 26.3 Å². The molecule has 4 amide bonds. The number of morpholine rings is 2. The number of halogens is 8. The smallest absolute Gasteiger partial charge is 0.427 e. The second-order valence-electron chi connectivity index (χ2n) is 37.1. The lowest BCUT2D eigenvalue weighted by molar-refractivity contribution is -0.257. The molecule has 10 aliphatic rings. The highest BCUT2D eigenvalue weighted by Gasteiger charge is 2.66. The second-order valence-corrected chi connectivity index (χ2v) is 41.3. The Kier molecular flexibility index (Phi) is 27.2. The van der Waals surface area contributed by atoms with Crippen molar-refractivity contribution >= 4 is 100 Å². The third kappa shape index (κ3) is 19.7. The van der Waals surface area contributed by atoms with Crippen LogP contribution in [0.2, 0.25) is 0 Å². The Labute approximate surface area is 716 Å². The van der Waals surface area contributed by atoms with Gasteiger partial charge in [0.15, 0.2) is 11.6 Å². The third-order valence-electron chi connectivity index (χ3n) is 27.2. The number of ketones is 2. The predicted molar refractivity (Wildman–Crippen MR) is 440 cm³/mol. The molecule has 680 valence electrons. The van der Waals surface area contributed by atoms with Gasteiger partial charge in [-0.05, 0) is 152 Å². The van der Waals surface area contributed by atoms with Crippen LogP contribution < -0.4 is 28.7 Å². The first-order valence-electron chi connectivity index (χ1n) is 43.0. The van der Waals surface area contributed by atoms with Crippen LogP contribution in [0.25, 0.3) is 21.5 Å². The zero-order chi connectivity index (χ0) is 89.7. The number of carbonyl (C=O) groups excluding carboxylic acids is 8. The van der Waals surface area contributed by atoms with Gasteiger partial charge >= 0.3 is 24.3 Å². The third-order valence-corrected chi connectivity index (χ3v) is 31.5. The number of nitrogens with one attached hydrogen (secondary N) is 2. The number of esters is 2. The lowest BCUT2D eigenvalue weighted by Gasteiger charge is -2.33. The first kappa shape index (κ1) is 93.0. The summed E-state index contributed by atoms with van der Waals surface area (Å²) in [6.45, 7) is 12.6. The highest BCUT2D eigenvalue weighted by Crippen LogP contribution is 2.60. The number of alkyl halides is 8. The summed E-state index contributed by atoms with van der Waals surface area (Å²) in [5.74, 6) is -10.7. The number of rotatable bonds is 20. The summed E-state index contributed by atoms with van der Waals surface area (Å²) in [6.07, 6.45) is 0.597. The highest BCUT2D eigenvalue weighted by atomic mass is 32.2. The quantitative estimate of drug-likeness (QED) is 0.0471. The first-order chi connectivity index (χ1) is 58.4. The van der Waals surface area contributed by atoms with E-state index in [0.717, 1.165) is 49.8 Å². The molecule has 4 aromatic rings. The molecule has 2 N–H and O–H groups in total. The fourth-order valence-corrected chi connectivity index (χ4v) is 21.4. The number of pyridine rings is 2. The molecule has 0 spiro atoms. The van der Waals surface area contributed by atoms with Gasteiger partial charge in [0.05, 0.1) is 111 Å². The molecule has 0 radical (unpaired) electrons. The number of ether oxygens (including phenoxy) is 6. The van der Waals surface area contributed by atoms with Crippen LogP contribution in [0.4, 0.5) is 46.5 Å². The highest BCUT2D eigenvalue weighted by molar-refractivity contribution is 7.92. The molecule has 2 aromatic heterocycles. The van der Waals surface area contributed by atoms with Gasteiger partial charge in [0.2, 0.25) is 66.6 Å². The van der Waals surface area contributed by atoms with Gasteiger partial charge in [-0.1, -0.05) is 88.4 Å². The zero-order valence-electron chi connectivity index (χ0n) is 71.1. The summed E-state index contributed by atoms with van der Waals surface area (Å²) in [5, 5.41) is 3.08. The molecule has 14 rings (SSSR count). The maximum atomic E-state index is 14.9. The monoisotopic (exact) mass is 1780 g/mol. The molecule has 8 heterocycles. The van der Waals surface area contributed by atoms with Crippen LogP contribution in [0.5, 0.6) is 11.8 Å². The van der Waals surface area contributed by atoms with Crippen LogP contribution in [0.1, 0.15) is 171 Å². The molecule has 6 aliphatic heterocycles. The van der Waals surface area contributed by atoms with Gasteiger partial charge in [-0.15, -0.1) is 0 Å². The normalized spacial score (nSPS) is 30.1. The van der Waals surface area contributed by atoms with Crippen molar-refractivity contribution < 1.29 is 119 Å². The Hall–Kier alpha value is -8.64. The van der Waals surface area contributed by atoms with Crippen LogP contribution in [0.3, 0.4) is 0 Å². The van der Waals surface area contributed by atoms with E-state index in [2.05, 4.69) is 29.2 Å². The number of Topliss-reactive ketones (excluding diaryl/α,β-unsaturated/α-hetero) is 2. The molecule has 4 aliphatic carbocycles. The minimum atomic E-state index is -4.88. The summed E-state index contributed by atoms with van der Waals surface area (Å²) >= 11 is 0. The molecule has 4 saturated carbocycles. The van der Waals surface area contributed by atoms with E-state index in [1.165, 1.54) is 9.80 Å². The Bertz CT molecular complexity index is 4690. The van der Waals surface area contributed by atoms with Gasteiger partial charge in [0.25, 0.3) is 0 Å². The van der Waals surface area contributed by atoms with Crippen LogP contribution in [0.15, 0.2) is 85.2 Å². The Balaban J connectivity index is 0.000000213. The minimum Gasteiger partial charge on any atom is -0.472 e. The number of hydrogen-bond acceptors (Lipinski definition) is 22.